The molecule has 1 aliphatic rings. The molecule has 72 valence electrons. The van der Waals surface area contributed by atoms with E-state index in [9.17, 15) is 4.39 Å². The molecular weight excluding hydrogens is 187 g/mol. The summed E-state index contributed by atoms with van der Waals surface area (Å²) >= 11 is 3.69. The number of thiol groups is 1. The molecule has 0 aromatic rings. The van der Waals surface area contributed by atoms with Gasteiger partial charge in [0.25, 0.3) is 0 Å². The summed E-state index contributed by atoms with van der Waals surface area (Å²) in [5, 5.41) is 26.8. The van der Waals surface area contributed by atoms with Gasteiger partial charge in [0.15, 0.2) is 6.17 Å². The van der Waals surface area contributed by atoms with Gasteiger partial charge in [0, 0.05) is 0 Å². The van der Waals surface area contributed by atoms with Gasteiger partial charge in [-0.3, -0.25) is 0 Å². The SMILES string of the molecule is OC[C@H]1O[C@@H](S)[C@@H](F)[C@@H](O)[C@@H]1O. The molecule has 0 spiro atoms. The molecule has 0 radical (unpaired) electrons. The molecule has 0 aromatic heterocycles. The van der Waals surface area contributed by atoms with Crippen molar-refractivity contribution in [2.45, 2.75) is 29.9 Å². The van der Waals surface area contributed by atoms with Crippen molar-refractivity contribution in [2.75, 3.05) is 6.61 Å². The smallest absolute Gasteiger partial charge is 0.164 e. The lowest BCUT2D eigenvalue weighted by Crippen LogP contribution is -2.55. The van der Waals surface area contributed by atoms with Crippen LogP contribution in [-0.4, -0.2) is 51.8 Å². The maximum absolute atomic E-state index is 12.8. The first-order valence-electron chi connectivity index (χ1n) is 3.52. The van der Waals surface area contributed by atoms with Gasteiger partial charge in [-0.25, -0.2) is 4.39 Å². The average molecular weight is 198 g/mol. The Labute approximate surface area is 74.4 Å². The molecule has 12 heavy (non-hydrogen) atoms. The highest BCUT2D eigenvalue weighted by Gasteiger charge is 2.42. The van der Waals surface area contributed by atoms with E-state index < -0.39 is 36.5 Å². The molecule has 1 heterocycles. The van der Waals surface area contributed by atoms with E-state index in [0.717, 1.165) is 0 Å². The zero-order chi connectivity index (χ0) is 9.30. The summed E-state index contributed by atoms with van der Waals surface area (Å²) in [5.74, 6) is 0. The predicted molar refractivity (Wildman–Crippen MR) is 41.6 cm³/mol. The lowest BCUT2D eigenvalue weighted by atomic mass is 10.0. The third-order valence-corrected chi connectivity index (χ3v) is 2.23. The van der Waals surface area contributed by atoms with Crippen molar-refractivity contribution in [3.8, 4) is 0 Å². The number of alkyl halides is 1. The van der Waals surface area contributed by atoms with E-state index in [2.05, 4.69) is 12.6 Å². The third-order valence-electron chi connectivity index (χ3n) is 1.82. The molecule has 1 saturated heterocycles. The molecule has 4 nitrogen and oxygen atoms in total. The minimum atomic E-state index is -1.73. The zero-order valence-electron chi connectivity index (χ0n) is 6.17. The summed E-state index contributed by atoms with van der Waals surface area (Å²) < 4.78 is 17.6. The standard InChI is InChI=1S/C6H11FO4S/c7-3-5(10)4(9)2(1-8)11-6(3)12/h2-6,8-10,12H,1H2/t2-,3+,4-,5-,6+/m1/s1. The molecule has 0 aliphatic carbocycles. The van der Waals surface area contributed by atoms with E-state index in [4.69, 9.17) is 20.1 Å². The average Bonchev–Trinajstić information content (AvgIpc) is 2.08. The first kappa shape index (κ1) is 10.2. The fourth-order valence-corrected chi connectivity index (χ4v) is 1.40. The number of hydrogen-bond donors (Lipinski definition) is 4. The van der Waals surface area contributed by atoms with Crippen molar-refractivity contribution in [1.82, 2.24) is 0 Å². The summed E-state index contributed by atoms with van der Waals surface area (Å²) in [6.45, 7) is -0.470. The Hall–Kier alpha value is 0.120. The van der Waals surface area contributed by atoms with Crippen LogP contribution in [0.3, 0.4) is 0 Å². The summed E-state index contributed by atoms with van der Waals surface area (Å²) in [7, 11) is 0. The first-order valence-corrected chi connectivity index (χ1v) is 4.04. The summed E-state index contributed by atoms with van der Waals surface area (Å²) in [4.78, 5) is 0. The van der Waals surface area contributed by atoms with Crippen molar-refractivity contribution in [2.24, 2.45) is 0 Å². The largest absolute Gasteiger partial charge is 0.394 e. The second kappa shape index (κ2) is 3.89. The van der Waals surface area contributed by atoms with Crippen LogP contribution in [0.5, 0.6) is 0 Å². The maximum Gasteiger partial charge on any atom is 0.164 e. The molecule has 0 amide bonds. The van der Waals surface area contributed by atoms with Gasteiger partial charge in [0.1, 0.15) is 23.7 Å². The van der Waals surface area contributed by atoms with E-state index in [0.29, 0.717) is 0 Å². The number of halogens is 1. The first-order chi connectivity index (χ1) is 5.57. The number of aliphatic hydroxyl groups is 3. The van der Waals surface area contributed by atoms with E-state index in [1.165, 1.54) is 0 Å². The van der Waals surface area contributed by atoms with Gasteiger partial charge in [0.05, 0.1) is 6.61 Å². The van der Waals surface area contributed by atoms with E-state index in [1.54, 1.807) is 0 Å². The van der Waals surface area contributed by atoms with Gasteiger partial charge >= 0.3 is 0 Å². The molecule has 3 N–H and O–H groups in total. The number of rotatable bonds is 1. The molecule has 1 rings (SSSR count). The molecule has 0 bridgehead atoms. The van der Waals surface area contributed by atoms with Crippen LogP contribution < -0.4 is 0 Å². The van der Waals surface area contributed by atoms with Crippen LogP contribution in [0, 0.1) is 0 Å². The van der Waals surface area contributed by atoms with Crippen LogP contribution in [0.2, 0.25) is 0 Å². The second-order valence-electron chi connectivity index (χ2n) is 2.67. The normalized spacial score (nSPS) is 49.2. The van der Waals surface area contributed by atoms with Crippen molar-refractivity contribution in [3.63, 3.8) is 0 Å². The fourth-order valence-electron chi connectivity index (χ4n) is 1.06. The molecule has 0 saturated carbocycles. The number of ether oxygens (including phenoxy) is 1. The summed E-state index contributed by atoms with van der Waals surface area (Å²) in [6.07, 6.45) is -5.63. The van der Waals surface area contributed by atoms with Crippen molar-refractivity contribution >= 4 is 12.6 Å². The highest BCUT2D eigenvalue weighted by molar-refractivity contribution is 7.80. The van der Waals surface area contributed by atoms with Crippen LogP contribution in [0.25, 0.3) is 0 Å². The van der Waals surface area contributed by atoms with Gasteiger partial charge in [-0.2, -0.15) is 0 Å². The summed E-state index contributed by atoms with van der Waals surface area (Å²) in [5.41, 5.74) is -1.10. The minimum Gasteiger partial charge on any atom is -0.394 e. The zero-order valence-corrected chi connectivity index (χ0v) is 7.06. The van der Waals surface area contributed by atoms with Crippen LogP contribution >= 0.6 is 12.6 Å². The summed E-state index contributed by atoms with van der Waals surface area (Å²) in [6, 6.07) is 0. The Morgan fingerprint density at radius 2 is 1.92 bits per heavy atom. The van der Waals surface area contributed by atoms with Crippen molar-refractivity contribution in [3.05, 3.63) is 0 Å². The van der Waals surface area contributed by atoms with E-state index in [-0.39, 0.29) is 0 Å². The van der Waals surface area contributed by atoms with Gasteiger partial charge in [-0.1, -0.05) is 0 Å². The Bertz CT molecular complexity index is 154. The highest BCUT2D eigenvalue weighted by atomic mass is 32.1. The Kier molecular flexibility index (Phi) is 3.30. The Morgan fingerprint density at radius 3 is 2.42 bits per heavy atom. The maximum atomic E-state index is 12.8. The van der Waals surface area contributed by atoms with Crippen LogP contribution in [0.15, 0.2) is 0 Å². The minimum absolute atomic E-state index is 0.470. The lowest BCUT2D eigenvalue weighted by Gasteiger charge is -2.36. The lowest BCUT2D eigenvalue weighted by molar-refractivity contribution is -0.188. The molecule has 6 heteroatoms. The molecule has 0 unspecified atom stereocenters. The molecule has 1 aliphatic heterocycles. The molecular formula is C6H11FO4S. The second-order valence-corrected chi connectivity index (χ2v) is 3.18. The van der Waals surface area contributed by atoms with Gasteiger partial charge in [-0.15, -0.1) is 12.6 Å². The molecule has 5 atom stereocenters. The van der Waals surface area contributed by atoms with Gasteiger partial charge in [0.2, 0.25) is 0 Å². The molecule has 0 aromatic carbocycles. The van der Waals surface area contributed by atoms with Gasteiger partial charge < -0.3 is 20.1 Å². The van der Waals surface area contributed by atoms with Crippen LogP contribution in [-0.2, 0) is 4.74 Å². The number of hydrogen-bond acceptors (Lipinski definition) is 5. The van der Waals surface area contributed by atoms with Crippen molar-refractivity contribution < 1.29 is 24.4 Å². The molecule has 1 fully saturated rings. The Balaban J connectivity index is 2.63. The van der Waals surface area contributed by atoms with Crippen LogP contribution in [0.4, 0.5) is 4.39 Å². The van der Waals surface area contributed by atoms with E-state index >= 15 is 0 Å². The monoisotopic (exact) mass is 198 g/mol. The van der Waals surface area contributed by atoms with Crippen LogP contribution in [0.1, 0.15) is 0 Å². The topological polar surface area (TPSA) is 69.9 Å². The quantitative estimate of drug-likeness (QED) is 0.395. The van der Waals surface area contributed by atoms with Gasteiger partial charge in [-0.05, 0) is 0 Å². The number of aliphatic hydroxyl groups excluding tert-OH is 3. The third kappa shape index (κ3) is 1.72. The van der Waals surface area contributed by atoms with E-state index in [1.807, 2.05) is 0 Å². The van der Waals surface area contributed by atoms with Crippen molar-refractivity contribution in [1.29, 1.82) is 0 Å². The highest BCUT2D eigenvalue weighted by Crippen LogP contribution is 2.25. The fraction of sp³-hybridized carbons (Fsp3) is 1.00. The Morgan fingerprint density at radius 1 is 1.33 bits per heavy atom. The predicted octanol–water partition coefficient (Wildman–Crippen LogP) is -1.31.